The summed E-state index contributed by atoms with van der Waals surface area (Å²) < 4.78 is 0. The Morgan fingerprint density at radius 2 is 1.83 bits per heavy atom. The molecule has 2 aromatic rings. The number of anilines is 1. The van der Waals surface area contributed by atoms with Crippen LogP contribution >= 0.6 is 23.2 Å². The van der Waals surface area contributed by atoms with E-state index in [9.17, 15) is 14.7 Å². The lowest BCUT2D eigenvalue weighted by Gasteiger charge is -2.05. The van der Waals surface area contributed by atoms with Crippen LogP contribution in [0.25, 0.3) is 0 Å². The van der Waals surface area contributed by atoms with Gasteiger partial charge in [0.25, 0.3) is 0 Å². The quantitative estimate of drug-likeness (QED) is 0.451. The summed E-state index contributed by atoms with van der Waals surface area (Å²) in [5.74, 6) is -1.79. The number of hydrogen-bond donors (Lipinski definition) is 3. The molecule has 0 bridgehead atoms. The molecule has 0 radical (unpaired) electrons. The minimum absolute atomic E-state index is 0.0673. The fourth-order valence-corrected chi connectivity index (χ4v) is 1.88. The Morgan fingerprint density at radius 1 is 1.04 bits per heavy atom. The second kappa shape index (κ2) is 7.62. The molecule has 2 amide bonds. The van der Waals surface area contributed by atoms with Crippen LogP contribution in [0, 0.1) is 0 Å². The summed E-state index contributed by atoms with van der Waals surface area (Å²) in [6, 6.07) is 10.7. The van der Waals surface area contributed by atoms with Gasteiger partial charge in [-0.1, -0.05) is 35.3 Å². The predicted octanol–water partition coefficient (Wildman–Crippen LogP) is 2.79. The molecule has 0 fully saturated rings. The highest BCUT2D eigenvalue weighted by Gasteiger charge is 2.13. The van der Waals surface area contributed by atoms with Gasteiger partial charge < -0.3 is 10.4 Å². The SMILES string of the molecule is O=C(N/N=C\c1cccc(O)c1)C(=O)Nc1ccc(Cl)c(Cl)c1. The van der Waals surface area contributed by atoms with Crippen LogP contribution in [0.5, 0.6) is 5.75 Å². The van der Waals surface area contributed by atoms with Crippen LogP contribution < -0.4 is 10.7 Å². The zero-order chi connectivity index (χ0) is 16.8. The van der Waals surface area contributed by atoms with Crippen molar-refractivity contribution in [2.24, 2.45) is 5.10 Å². The molecule has 6 nitrogen and oxygen atoms in total. The van der Waals surface area contributed by atoms with Crippen molar-refractivity contribution >= 4 is 46.9 Å². The third kappa shape index (κ3) is 4.98. The fraction of sp³-hybridized carbons (Fsp3) is 0. The van der Waals surface area contributed by atoms with E-state index < -0.39 is 11.8 Å². The smallest absolute Gasteiger partial charge is 0.329 e. The van der Waals surface area contributed by atoms with Gasteiger partial charge in [0.05, 0.1) is 16.3 Å². The van der Waals surface area contributed by atoms with Gasteiger partial charge in [-0.25, -0.2) is 5.43 Å². The summed E-state index contributed by atoms with van der Waals surface area (Å²) in [7, 11) is 0. The Labute approximate surface area is 141 Å². The predicted molar refractivity (Wildman–Crippen MR) is 88.9 cm³/mol. The zero-order valence-corrected chi connectivity index (χ0v) is 13.1. The van der Waals surface area contributed by atoms with Gasteiger partial charge >= 0.3 is 11.8 Å². The maximum absolute atomic E-state index is 11.7. The Bertz CT molecular complexity index is 778. The summed E-state index contributed by atoms with van der Waals surface area (Å²) in [5, 5.41) is 15.9. The molecule has 0 aliphatic heterocycles. The number of halogens is 2. The van der Waals surface area contributed by atoms with E-state index in [1.807, 2.05) is 0 Å². The number of rotatable bonds is 3. The summed E-state index contributed by atoms with van der Waals surface area (Å²) in [6.07, 6.45) is 1.30. The molecule has 2 aromatic carbocycles. The average molecular weight is 352 g/mol. The number of nitrogens with one attached hydrogen (secondary N) is 2. The molecule has 2 rings (SSSR count). The van der Waals surface area contributed by atoms with Gasteiger partial charge in [0, 0.05) is 5.69 Å². The fourth-order valence-electron chi connectivity index (χ4n) is 1.58. The van der Waals surface area contributed by atoms with E-state index in [0.29, 0.717) is 16.3 Å². The first-order chi connectivity index (χ1) is 11.0. The van der Waals surface area contributed by atoms with E-state index in [1.165, 1.54) is 36.5 Å². The number of carbonyl (C=O) groups is 2. The highest BCUT2D eigenvalue weighted by Crippen LogP contribution is 2.24. The van der Waals surface area contributed by atoms with Crippen molar-refractivity contribution in [1.29, 1.82) is 0 Å². The van der Waals surface area contributed by atoms with Crippen LogP contribution in [0.3, 0.4) is 0 Å². The van der Waals surface area contributed by atoms with Gasteiger partial charge in [-0.15, -0.1) is 0 Å². The molecular weight excluding hydrogens is 341 g/mol. The van der Waals surface area contributed by atoms with Crippen LogP contribution in [-0.4, -0.2) is 23.1 Å². The number of phenolic OH excluding ortho intramolecular Hbond substituents is 1. The highest BCUT2D eigenvalue weighted by molar-refractivity contribution is 6.42. The molecule has 0 spiro atoms. The lowest BCUT2D eigenvalue weighted by molar-refractivity contribution is -0.136. The summed E-state index contributed by atoms with van der Waals surface area (Å²) >= 11 is 11.6. The second-order valence-electron chi connectivity index (χ2n) is 4.38. The third-order valence-electron chi connectivity index (χ3n) is 2.63. The number of amides is 2. The van der Waals surface area contributed by atoms with Gasteiger partial charge in [-0.2, -0.15) is 5.10 Å². The Kier molecular flexibility index (Phi) is 5.56. The van der Waals surface area contributed by atoms with Crippen molar-refractivity contribution in [3.63, 3.8) is 0 Å². The van der Waals surface area contributed by atoms with Crippen LogP contribution in [0.4, 0.5) is 5.69 Å². The van der Waals surface area contributed by atoms with Gasteiger partial charge in [0.2, 0.25) is 0 Å². The number of phenols is 1. The Balaban J connectivity index is 1.92. The van der Waals surface area contributed by atoms with E-state index in [0.717, 1.165) is 0 Å². The minimum Gasteiger partial charge on any atom is -0.508 e. The van der Waals surface area contributed by atoms with Crippen molar-refractivity contribution in [3.05, 3.63) is 58.1 Å². The maximum atomic E-state index is 11.7. The van der Waals surface area contributed by atoms with E-state index >= 15 is 0 Å². The van der Waals surface area contributed by atoms with E-state index in [4.69, 9.17) is 23.2 Å². The molecular formula is C15H11Cl2N3O3. The molecule has 0 heterocycles. The van der Waals surface area contributed by atoms with Crippen LogP contribution in [0.2, 0.25) is 10.0 Å². The largest absolute Gasteiger partial charge is 0.508 e. The molecule has 8 heteroatoms. The number of nitrogens with zero attached hydrogens (tertiary/aromatic N) is 1. The molecule has 23 heavy (non-hydrogen) atoms. The Morgan fingerprint density at radius 3 is 2.52 bits per heavy atom. The normalized spacial score (nSPS) is 10.5. The first kappa shape index (κ1) is 16.8. The summed E-state index contributed by atoms with van der Waals surface area (Å²) in [5.41, 5.74) is 2.97. The van der Waals surface area contributed by atoms with Crippen LogP contribution in [0.1, 0.15) is 5.56 Å². The van der Waals surface area contributed by atoms with E-state index in [1.54, 1.807) is 12.1 Å². The molecule has 118 valence electrons. The molecule has 0 aromatic heterocycles. The molecule has 0 saturated carbocycles. The third-order valence-corrected chi connectivity index (χ3v) is 3.37. The van der Waals surface area contributed by atoms with Gasteiger partial charge in [0.15, 0.2) is 0 Å². The van der Waals surface area contributed by atoms with Crippen molar-refractivity contribution < 1.29 is 14.7 Å². The summed E-state index contributed by atoms with van der Waals surface area (Å²) in [6.45, 7) is 0. The van der Waals surface area contributed by atoms with Crippen molar-refractivity contribution in [2.45, 2.75) is 0 Å². The maximum Gasteiger partial charge on any atom is 0.329 e. The molecule has 0 unspecified atom stereocenters. The van der Waals surface area contributed by atoms with Crippen molar-refractivity contribution in [3.8, 4) is 5.75 Å². The van der Waals surface area contributed by atoms with Gasteiger partial charge in [0.1, 0.15) is 5.75 Å². The molecule has 0 atom stereocenters. The van der Waals surface area contributed by atoms with Crippen molar-refractivity contribution in [1.82, 2.24) is 5.43 Å². The van der Waals surface area contributed by atoms with Crippen LogP contribution in [0.15, 0.2) is 47.6 Å². The monoisotopic (exact) mass is 351 g/mol. The zero-order valence-electron chi connectivity index (χ0n) is 11.6. The van der Waals surface area contributed by atoms with Crippen molar-refractivity contribution in [2.75, 3.05) is 5.32 Å². The average Bonchev–Trinajstić information content (AvgIpc) is 2.51. The van der Waals surface area contributed by atoms with E-state index in [-0.39, 0.29) is 10.8 Å². The topological polar surface area (TPSA) is 90.8 Å². The lowest BCUT2D eigenvalue weighted by atomic mass is 10.2. The highest BCUT2D eigenvalue weighted by atomic mass is 35.5. The van der Waals surface area contributed by atoms with Crippen LogP contribution in [-0.2, 0) is 9.59 Å². The summed E-state index contributed by atoms with van der Waals surface area (Å²) in [4.78, 5) is 23.3. The molecule has 3 N–H and O–H groups in total. The molecule has 0 aliphatic carbocycles. The number of benzene rings is 2. The molecule has 0 aliphatic rings. The first-order valence-electron chi connectivity index (χ1n) is 6.34. The van der Waals surface area contributed by atoms with E-state index in [2.05, 4.69) is 15.8 Å². The first-order valence-corrected chi connectivity index (χ1v) is 7.10. The number of hydrogen-bond acceptors (Lipinski definition) is 4. The number of carbonyl (C=O) groups excluding carboxylic acids is 2. The second-order valence-corrected chi connectivity index (χ2v) is 5.19. The van der Waals surface area contributed by atoms with Gasteiger partial charge in [-0.3, -0.25) is 9.59 Å². The van der Waals surface area contributed by atoms with Gasteiger partial charge in [-0.05, 0) is 35.9 Å². The number of aromatic hydroxyl groups is 1. The Hall–Kier alpha value is -2.57. The minimum atomic E-state index is -0.951. The number of hydrazone groups is 1. The lowest BCUT2D eigenvalue weighted by Crippen LogP contribution is -2.32. The standard InChI is InChI=1S/C15H11Cl2N3O3/c16-12-5-4-10(7-13(12)17)19-14(22)15(23)20-18-8-9-2-1-3-11(21)6-9/h1-8,21H,(H,19,22)(H,20,23)/b18-8-. The molecule has 0 saturated heterocycles.